The lowest BCUT2D eigenvalue weighted by atomic mass is 9.85. The van der Waals surface area contributed by atoms with Crippen molar-refractivity contribution in [3.8, 4) is 0 Å². The minimum Gasteiger partial charge on any atom is -0.389 e. The number of fused-ring (bicyclic) bond motifs is 2. The molecule has 3 atom stereocenters. The summed E-state index contributed by atoms with van der Waals surface area (Å²) in [6.45, 7) is 5.11. The number of piperidine rings is 1. The number of anilines is 1. The van der Waals surface area contributed by atoms with Gasteiger partial charge in [-0.15, -0.1) is 10.2 Å². The van der Waals surface area contributed by atoms with Gasteiger partial charge in [-0.3, -0.25) is 9.78 Å². The Bertz CT molecular complexity index is 1310. The largest absolute Gasteiger partial charge is 0.451 e. The maximum Gasteiger partial charge on any atom is 0.451 e. The second-order valence-electron chi connectivity index (χ2n) is 9.57. The second kappa shape index (κ2) is 9.19. The Balaban J connectivity index is 1.32. The Morgan fingerprint density at radius 3 is 2.69 bits per heavy atom. The van der Waals surface area contributed by atoms with Crippen molar-refractivity contribution in [2.24, 2.45) is 11.8 Å². The summed E-state index contributed by atoms with van der Waals surface area (Å²) in [5, 5.41) is 18.3. The minimum absolute atomic E-state index is 0.00667. The van der Waals surface area contributed by atoms with Crippen molar-refractivity contribution >= 4 is 34.1 Å². The lowest BCUT2D eigenvalue weighted by molar-refractivity contribution is -0.148. The molecule has 12 heteroatoms. The van der Waals surface area contributed by atoms with Crippen molar-refractivity contribution < 1.29 is 23.1 Å². The molecule has 0 spiro atoms. The number of amides is 1. The topological polar surface area (TPSA) is 87.4 Å². The fraction of sp³-hybridized carbons (Fsp3) is 0.500. The third-order valence-corrected chi connectivity index (χ3v) is 7.44. The highest BCUT2D eigenvalue weighted by molar-refractivity contribution is 6.34. The quantitative estimate of drug-likeness (QED) is 0.558. The van der Waals surface area contributed by atoms with Gasteiger partial charge in [0.15, 0.2) is 5.82 Å². The zero-order valence-electron chi connectivity index (χ0n) is 19.8. The summed E-state index contributed by atoms with van der Waals surface area (Å²) < 4.78 is 40.4. The maximum absolute atomic E-state index is 13.4. The number of carbonyl (C=O) groups excluding carboxylic acids is 1. The number of aromatic nitrogens is 4. The zero-order valence-corrected chi connectivity index (χ0v) is 20.6. The Hall–Kier alpha value is -2.92. The lowest BCUT2D eigenvalue weighted by Crippen LogP contribution is -2.49. The molecule has 8 nitrogen and oxygen atoms in total. The van der Waals surface area contributed by atoms with Gasteiger partial charge in [-0.25, -0.2) is 0 Å². The number of aliphatic hydroxyl groups excluding tert-OH is 1. The summed E-state index contributed by atoms with van der Waals surface area (Å²) in [4.78, 5) is 21.5. The van der Waals surface area contributed by atoms with Crippen LogP contribution in [0, 0.1) is 11.8 Å². The summed E-state index contributed by atoms with van der Waals surface area (Å²) in [5.41, 5.74) is 2.34. The van der Waals surface area contributed by atoms with Crippen molar-refractivity contribution in [1.29, 1.82) is 0 Å². The molecular weight excluding hydrogens is 497 g/mol. The number of carbonyl (C=O) groups is 1. The van der Waals surface area contributed by atoms with Gasteiger partial charge in [-0.2, -0.15) is 13.2 Å². The van der Waals surface area contributed by atoms with Gasteiger partial charge in [0.05, 0.1) is 28.9 Å². The Morgan fingerprint density at radius 1 is 1.22 bits per heavy atom. The van der Waals surface area contributed by atoms with Crippen LogP contribution in [0.5, 0.6) is 0 Å². The number of halogens is 4. The molecule has 2 aromatic heterocycles. The molecule has 36 heavy (non-hydrogen) atoms. The molecule has 1 N–H and O–H groups in total. The lowest BCUT2D eigenvalue weighted by Gasteiger charge is -2.40. The SMILES string of the molecule is C[C@H](O)c1ccc2c(N3CC[C@H](C(=O)N4CCn5c(nnc5C(F)(F)F)C4)[C@H](C)C3)c(Cl)cnc2c1. The highest BCUT2D eigenvalue weighted by Gasteiger charge is 2.41. The molecule has 1 aromatic carbocycles. The van der Waals surface area contributed by atoms with Gasteiger partial charge in [0.25, 0.3) is 0 Å². The Kier molecular flexibility index (Phi) is 6.32. The van der Waals surface area contributed by atoms with Gasteiger partial charge in [-0.1, -0.05) is 30.7 Å². The molecular formula is C24H26ClF3N6O2. The number of aliphatic hydroxyl groups is 1. The van der Waals surface area contributed by atoms with E-state index < -0.39 is 18.1 Å². The van der Waals surface area contributed by atoms with Crippen LogP contribution in [0.15, 0.2) is 24.4 Å². The van der Waals surface area contributed by atoms with Crippen molar-refractivity contribution in [2.75, 3.05) is 24.5 Å². The highest BCUT2D eigenvalue weighted by Crippen LogP contribution is 2.38. The number of benzene rings is 1. The molecule has 0 unspecified atom stereocenters. The van der Waals surface area contributed by atoms with Crippen molar-refractivity contribution in [2.45, 2.75) is 45.6 Å². The van der Waals surface area contributed by atoms with E-state index in [4.69, 9.17) is 11.6 Å². The van der Waals surface area contributed by atoms with E-state index in [-0.39, 0.29) is 43.2 Å². The molecule has 3 aromatic rings. The third-order valence-electron chi connectivity index (χ3n) is 7.16. The van der Waals surface area contributed by atoms with E-state index in [1.807, 2.05) is 25.1 Å². The first-order valence-corrected chi connectivity index (χ1v) is 12.2. The van der Waals surface area contributed by atoms with Gasteiger partial charge < -0.3 is 19.5 Å². The molecule has 192 valence electrons. The molecule has 1 saturated heterocycles. The van der Waals surface area contributed by atoms with Crippen LogP contribution in [-0.2, 0) is 24.1 Å². The van der Waals surface area contributed by atoms with Gasteiger partial charge in [0.2, 0.25) is 11.7 Å². The van der Waals surface area contributed by atoms with Crippen molar-refractivity contribution in [1.82, 2.24) is 24.6 Å². The molecule has 1 fully saturated rings. The first-order chi connectivity index (χ1) is 17.0. The maximum atomic E-state index is 13.4. The second-order valence-corrected chi connectivity index (χ2v) is 9.98. The monoisotopic (exact) mass is 522 g/mol. The molecule has 5 rings (SSSR count). The smallest absolute Gasteiger partial charge is 0.389 e. The van der Waals surface area contributed by atoms with E-state index >= 15 is 0 Å². The first kappa shape index (κ1) is 24.8. The fourth-order valence-corrected chi connectivity index (χ4v) is 5.53. The van der Waals surface area contributed by atoms with Crippen molar-refractivity contribution in [3.05, 3.63) is 46.6 Å². The number of hydrogen-bond donors (Lipinski definition) is 1. The molecule has 0 bridgehead atoms. The van der Waals surface area contributed by atoms with E-state index in [0.29, 0.717) is 24.5 Å². The summed E-state index contributed by atoms with van der Waals surface area (Å²) in [6.07, 6.45) is -3.00. The van der Waals surface area contributed by atoms with Gasteiger partial charge >= 0.3 is 6.18 Å². The van der Waals surface area contributed by atoms with Crippen LogP contribution >= 0.6 is 11.6 Å². The number of alkyl halides is 3. The predicted octanol–water partition coefficient (Wildman–Crippen LogP) is 4.06. The van der Waals surface area contributed by atoms with E-state index in [0.717, 1.165) is 26.7 Å². The van der Waals surface area contributed by atoms with E-state index in [2.05, 4.69) is 20.1 Å². The zero-order chi connectivity index (χ0) is 25.8. The molecule has 0 radical (unpaired) electrons. The normalized spacial score (nSPS) is 21.5. The fourth-order valence-electron chi connectivity index (χ4n) is 5.26. The van der Waals surface area contributed by atoms with Gasteiger partial charge in [0, 0.05) is 43.7 Å². The van der Waals surface area contributed by atoms with Gasteiger partial charge in [-0.05, 0) is 30.9 Å². The molecule has 4 heterocycles. The average Bonchev–Trinajstić information content (AvgIpc) is 3.27. The third kappa shape index (κ3) is 4.39. The van der Waals surface area contributed by atoms with Crippen LogP contribution in [0.4, 0.5) is 18.9 Å². The summed E-state index contributed by atoms with van der Waals surface area (Å²) in [7, 11) is 0. The van der Waals surface area contributed by atoms with Gasteiger partial charge in [0.1, 0.15) is 0 Å². The Labute approximate surface area is 210 Å². The van der Waals surface area contributed by atoms with E-state index in [9.17, 15) is 23.1 Å². The van der Waals surface area contributed by atoms with Crippen molar-refractivity contribution in [3.63, 3.8) is 0 Å². The molecule has 1 amide bonds. The van der Waals surface area contributed by atoms with Crippen LogP contribution in [0.1, 0.15) is 43.6 Å². The first-order valence-electron chi connectivity index (χ1n) is 11.8. The number of nitrogens with zero attached hydrogens (tertiary/aromatic N) is 6. The number of hydrogen-bond acceptors (Lipinski definition) is 6. The minimum atomic E-state index is -4.57. The summed E-state index contributed by atoms with van der Waals surface area (Å²) in [5.74, 6) is -1.21. The van der Waals surface area contributed by atoms with E-state index in [1.165, 1.54) is 0 Å². The molecule has 2 aliphatic heterocycles. The Morgan fingerprint density at radius 2 is 2.00 bits per heavy atom. The van der Waals surface area contributed by atoms with Crippen LogP contribution in [0.3, 0.4) is 0 Å². The molecule has 0 saturated carbocycles. The highest BCUT2D eigenvalue weighted by atomic mass is 35.5. The number of rotatable bonds is 3. The summed E-state index contributed by atoms with van der Waals surface area (Å²) in [6, 6.07) is 5.61. The molecule has 0 aliphatic carbocycles. The average molecular weight is 523 g/mol. The molecule has 2 aliphatic rings. The van der Waals surface area contributed by atoms with Crippen LogP contribution in [0.25, 0.3) is 10.9 Å². The van der Waals surface area contributed by atoms with Crippen LogP contribution < -0.4 is 4.90 Å². The predicted molar refractivity (Wildman–Crippen MR) is 127 cm³/mol. The van der Waals surface area contributed by atoms with Crippen LogP contribution in [0.2, 0.25) is 5.02 Å². The summed E-state index contributed by atoms with van der Waals surface area (Å²) >= 11 is 6.57. The number of pyridine rings is 1. The standard InChI is InChI=1S/C24H26ClF3N6O2/c1-13-11-32(21-17-4-3-15(14(2)35)9-19(17)29-10-18(21)25)6-5-16(13)22(36)33-7-8-34-20(12-33)30-31-23(34)24(26,27)28/h3-4,9-10,13-14,16,35H,5-8,11-12H2,1-2H3/t13-,14+,16+/m1/s1. The van der Waals surface area contributed by atoms with E-state index in [1.54, 1.807) is 18.0 Å². The van der Waals surface area contributed by atoms with Crippen LogP contribution in [-0.4, -0.2) is 55.3 Å².